The molecule has 2 atom stereocenters. The van der Waals surface area contributed by atoms with Gasteiger partial charge in [-0.3, -0.25) is 10.1 Å². The van der Waals surface area contributed by atoms with Gasteiger partial charge in [-0.05, 0) is 31.4 Å². The van der Waals surface area contributed by atoms with E-state index >= 15 is 0 Å². The van der Waals surface area contributed by atoms with Crippen LogP contribution in [0.5, 0.6) is 0 Å². The fraction of sp³-hybridized carbons (Fsp3) is 0.500. The minimum Gasteiger partial charge on any atom is -0.366 e. The molecule has 1 fully saturated rings. The Labute approximate surface area is 122 Å². The minimum atomic E-state index is -3.97. The number of anilines is 1. The lowest BCUT2D eigenvalue weighted by atomic mass is 10.0. The highest BCUT2D eigenvalue weighted by molar-refractivity contribution is 7.89. The lowest BCUT2D eigenvalue weighted by Crippen LogP contribution is -2.30. The molecule has 21 heavy (non-hydrogen) atoms. The Morgan fingerprint density at radius 1 is 1.48 bits per heavy atom. The number of hydrogen-bond donors (Lipinski definition) is 2. The summed E-state index contributed by atoms with van der Waals surface area (Å²) in [7, 11) is -3.97. The van der Waals surface area contributed by atoms with Crippen LogP contribution in [0.1, 0.15) is 13.3 Å². The Morgan fingerprint density at radius 3 is 2.62 bits per heavy atom. The molecule has 0 bridgehead atoms. The van der Waals surface area contributed by atoms with Crippen LogP contribution in [-0.2, 0) is 10.0 Å². The molecule has 9 heteroatoms. The Hall–Kier alpha value is -1.71. The molecule has 0 radical (unpaired) electrons. The van der Waals surface area contributed by atoms with E-state index in [1.54, 1.807) is 0 Å². The van der Waals surface area contributed by atoms with Crippen molar-refractivity contribution in [1.82, 2.24) is 0 Å². The maximum atomic E-state index is 11.3. The quantitative estimate of drug-likeness (QED) is 0.611. The van der Waals surface area contributed by atoms with E-state index in [0.717, 1.165) is 12.5 Å². The monoisotopic (exact) mass is 314 g/mol. The normalized spacial score (nSPS) is 20.5. The first-order chi connectivity index (χ1) is 9.70. The largest absolute Gasteiger partial charge is 0.366 e. The highest BCUT2D eigenvalue weighted by Crippen LogP contribution is 2.34. The molecule has 0 aromatic heterocycles. The van der Waals surface area contributed by atoms with Crippen LogP contribution < -0.4 is 15.8 Å². The summed E-state index contributed by atoms with van der Waals surface area (Å²) < 4.78 is 22.6. The molecule has 4 N–H and O–H groups in total. The smallest absolute Gasteiger partial charge is 0.293 e. The van der Waals surface area contributed by atoms with Gasteiger partial charge >= 0.3 is 0 Å². The van der Waals surface area contributed by atoms with Gasteiger partial charge in [0.2, 0.25) is 10.0 Å². The van der Waals surface area contributed by atoms with E-state index in [2.05, 4.69) is 0 Å². The fourth-order valence-corrected chi connectivity index (χ4v) is 3.06. The van der Waals surface area contributed by atoms with E-state index in [4.69, 9.17) is 10.9 Å². The maximum Gasteiger partial charge on any atom is 0.293 e. The summed E-state index contributed by atoms with van der Waals surface area (Å²) in [5.74, 6) is 0.266. The molecule has 1 aliphatic rings. The van der Waals surface area contributed by atoms with Crippen LogP contribution in [0, 0.1) is 16.0 Å². The molecule has 1 aromatic rings. The SMILES string of the molecule is CC(N)C1CCN(c2ccc(S(N)(=O)=O)cc2[N+](=O)[O-])C1. The number of nitro benzene ring substituents is 1. The first-order valence-corrected chi connectivity index (χ1v) is 8.06. The number of sulfonamides is 1. The summed E-state index contributed by atoms with van der Waals surface area (Å²) in [5.41, 5.74) is 6.00. The third kappa shape index (κ3) is 3.31. The van der Waals surface area contributed by atoms with Crippen molar-refractivity contribution in [3.05, 3.63) is 28.3 Å². The van der Waals surface area contributed by atoms with Crippen molar-refractivity contribution in [2.75, 3.05) is 18.0 Å². The van der Waals surface area contributed by atoms with Gasteiger partial charge < -0.3 is 10.6 Å². The van der Waals surface area contributed by atoms with E-state index in [0.29, 0.717) is 18.8 Å². The van der Waals surface area contributed by atoms with E-state index < -0.39 is 14.9 Å². The molecule has 0 spiro atoms. The van der Waals surface area contributed by atoms with Crippen molar-refractivity contribution in [2.45, 2.75) is 24.3 Å². The third-order valence-electron chi connectivity index (χ3n) is 3.78. The predicted molar refractivity (Wildman–Crippen MR) is 78.4 cm³/mol. The molecule has 1 aliphatic heterocycles. The van der Waals surface area contributed by atoms with Crippen LogP contribution in [0.2, 0.25) is 0 Å². The van der Waals surface area contributed by atoms with Gasteiger partial charge in [0.05, 0.1) is 9.82 Å². The summed E-state index contributed by atoms with van der Waals surface area (Å²) in [5, 5.41) is 16.2. The molecule has 1 aromatic carbocycles. The highest BCUT2D eigenvalue weighted by Gasteiger charge is 2.30. The number of benzene rings is 1. The lowest BCUT2D eigenvalue weighted by Gasteiger charge is -2.20. The number of nitrogens with two attached hydrogens (primary N) is 2. The van der Waals surface area contributed by atoms with Gasteiger partial charge in [-0.1, -0.05) is 0 Å². The van der Waals surface area contributed by atoms with Crippen LogP contribution >= 0.6 is 0 Å². The molecule has 1 saturated heterocycles. The number of nitro groups is 1. The van der Waals surface area contributed by atoms with Gasteiger partial charge in [-0.2, -0.15) is 0 Å². The van der Waals surface area contributed by atoms with E-state index in [9.17, 15) is 18.5 Å². The van der Waals surface area contributed by atoms with Gasteiger partial charge in [-0.15, -0.1) is 0 Å². The van der Waals surface area contributed by atoms with Crippen molar-refractivity contribution in [3.8, 4) is 0 Å². The Kier molecular flexibility index (Phi) is 4.17. The molecule has 1 heterocycles. The molecule has 8 nitrogen and oxygen atoms in total. The Bertz CT molecular complexity index is 659. The van der Waals surface area contributed by atoms with Crippen LogP contribution in [0.25, 0.3) is 0 Å². The molecule has 2 unspecified atom stereocenters. The molecular formula is C12H18N4O4S. The standard InChI is InChI=1S/C12H18N4O4S/c1-8(13)9-4-5-15(7-9)11-3-2-10(21(14,19)20)6-12(11)16(17)18/h2-3,6,8-9H,4-5,7,13H2,1H3,(H2,14,19,20). The zero-order valence-electron chi connectivity index (χ0n) is 11.6. The van der Waals surface area contributed by atoms with Crippen molar-refractivity contribution in [1.29, 1.82) is 0 Å². The van der Waals surface area contributed by atoms with Gasteiger partial charge in [0.15, 0.2) is 0 Å². The summed E-state index contributed by atoms with van der Waals surface area (Å²) in [6.07, 6.45) is 0.853. The van der Waals surface area contributed by atoms with E-state index in [1.165, 1.54) is 12.1 Å². The highest BCUT2D eigenvalue weighted by atomic mass is 32.2. The van der Waals surface area contributed by atoms with Crippen LogP contribution in [-0.4, -0.2) is 32.5 Å². The second-order valence-corrected chi connectivity index (χ2v) is 6.87. The lowest BCUT2D eigenvalue weighted by molar-refractivity contribution is -0.384. The second kappa shape index (κ2) is 5.58. The zero-order valence-corrected chi connectivity index (χ0v) is 12.4. The zero-order chi connectivity index (χ0) is 15.8. The second-order valence-electron chi connectivity index (χ2n) is 5.31. The molecule has 116 valence electrons. The van der Waals surface area contributed by atoms with Gasteiger partial charge in [0.1, 0.15) is 5.69 Å². The van der Waals surface area contributed by atoms with Gasteiger partial charge in [-0.25, -0.2) is 13.6 Å². The number of primary sulfonamides is 1. The first-order valence-electron chi connectivity index (χ1n) is 6.52. The topological polar surface area (TPSA) is 133 Å². The molecule has 0 saturated carbocycles. The average molecular weight is 314 g/mol. The van der Waals surface area contributed by atoms with Crippen LogP contribution in [0.3, 0.4) is 0 Å². The minimum absolute atomic E-state index is 0.0118. The summed E-state index contributed by atoms with van der Waals surface area (Å²) >= 11 is 0. The van der Waals surface area contributed by atoms with E-state index in [-0.39, 0.29) is 22.5 Å². The fourth-order valence-electron chi connectivity index (χ4n) is 2.53. The maximum absolute atomic E-state index is 11.3. The third-order valence-corrected chi connectivity index (χ3v) is 4.69. The van der Waals surface area contributed by atoms with Crippen molar-refractivity contribution in [3.63, 3.8) is 0 Å². The molecule has 2 rings (SSSR count). The molecule has 0 amide bonds. The van der Waals surface area contributed by atoms with Crippen LogP contribution in [0.15, 0.2) is 23.1 Å². The summed E-state index contributed by atoms with van der Waals surface area (Å²) in [4.78, 5) is 12.2. The van der Waals surface area contributed by atoms with Crippen molar-refractivity contribution < 1.29 is 13.3 Å². The van der Waals surface area contributed by atoms with E-state index in [1.807, 2.05) is 11.8 Å². The summed E-state index contributed by atoms with van der Waals surface area (Å²) in [6, 6.07) is 3.74. The number of nitrogens with zero attached hydrogens (tertiary/aromatic N) is 2. The summed E-state index contributed by atoms with van der Waals surface area (Å²) in [6.45, 7) is 3.18. The number of hydrogen-bond acceptors (Lipinski definition) is 6. The van der Waals surface area contributed by atoms with Gasteiger partial charge in [0, 0.05) is 25.2 Å². The Balaban J connectivity index is 2.39. The molecule has 0 aliphatic carbocycles. The molecular weight excluding hydrogens is 296 g/mol. The predicted octanol–water partition coefficient (Wildman–Crippen LogP) is 0.416. The van der Waals surface area contributed by atoms with Crippen molar-refractivity contribution in [2.24, 2.45) is 16.8 Å². The average Bonchev–Trinajstić information content (AvgIpc) is 2.86. The van der Waals surface area contributed by atoms with Crippen molar-refractivity contribution >= 4 is 21.4 Å². The Morgan fingerprint density at radius 2 is 2.14 bits per heavy atom. The number of rotatable bonds is 4. The van der Waals surface area contributed by atoms with Crippen LogP contribution in [0.4, 0.5) is 11.4 Å². The first kappa shape index (κ1) is 15.7. The van der Waals surface area contributed by atoms with Gasteiger partial charge in [0.25, 0.3) is 5.69 Å².